The van der Waals surface area contributed by atoms with Crippen molar-refractivity contribution in [1.82, 2.24) is 4.98 Å². The van der Waals surface area contributed by atoms with Gasteiger partial charge in [-0.1, -0.05) is 15.9 Å². The summed E-state index contributed by atoms with van der Waals surface area (Å²) in [6.45, 7) is 5.53. The van der Waals surface area contributed by atoms with E-state index in [0.29, 0.717) is 22.8 Å². The fraction of sp³-hybridized carbons (Fsp3) is 0.200. The van der Waals surface area contributed by atoms with Gasteiger partial charge in [0.25, 0.3) is 5.91 Å². The molecule has 0 saturated heterocycles. The number of aryl methyl sites for hydroxylation is 3. The summed E-state index contributed by atoms with van der Waals surface area (Å²) in [5.74, 6) is 0.577. The smallest absolute Gasteiger partial charge is 0.254 e. The third kappa shape index (κ3) is 2.99. The number of nitrogens with two attached hydrogens (primary N) is 1. The van der Waals surface area contributed by atoms with E-state index in [1.165, 1.54) is 0 Å². The van der Waals surface area contributed by atoms with Gasteiger partial charge in [0.2, 0.25) is 0 Å². The highest BCUT2D eigenvalue weighted by Crippen LogP contribution is 2.31. The molecule has 20 heavy (non-hydrogen) atoms. The van der Waals surface area contributed by atoms with E-state index in [1.54, 1.807) is 13.0 Å². The molecule has 0 aliphatic heterocycles. The number of nitrogens with zero attached hydrogens (tertiary/aromatic N) is 1. The fourth-order valence-electron chi connectivity index (χ4n) is 2.02. The number of carbonyl (C=O) groups is 1. The highest BCUT2D eigenvalue weighted by molar-refractivity contribution is 9.10. The topological polar surface area (TPSA) is 65.2 Å². The van der Waals surface area contributed by atoms with Gasteiger partial charge in [-0.2, -0.15) is 0 Å². The molecule has 0 spiro atoms. The second-order valence-electron chi connectivity index (χ2n) is 4.60. The van der Waals surface area contributed by atoms with E-state index in [4.69, 9.17) is 10.5 Å². The van der Waals surface area contributed by atoms with Gasteiger partial charge in [-0.25, -0.2) is 0 Å². The summed E-state index contributed by atoms with van der Waals surface area (Å²) in [6.07, 6.45) is 0. The summed E-state index contributed by atoms with van der Waals surface area (Å²) in [5, 5.41) is 0. The van der Waals surface area contributed by atoms with Crippen molar-refractivity contribution in [3.63, 3.8) is 0 Å². The number of primary amides is 1. The zero-order valence-corrected chi connectivity index (χ0v) is 13.1. The molecule has 0 aliphatic rings. The lowest BCUT2D eigenvalue weighted by molar-refractivity contribution is 0.0997. The van der Waals surface area contributed by atoms with Crippen molar-refractivity contribution in [1.29, 1.82) is 0 Å². The Balaban J connectivity index is 2.50. The van der Waals surface area contributed by atoms with Gasteiger partial charge in [-0.15, -0.1) is 0 Å². The summed E-state index contributed by atoms with van der Waals surface area (Å²) >= 11 is 3.40. The maximum atomic E-state index is 11.6. The van der Waals surface area contributed by atoms with Gasteiger partial charge >= 0.3 is 0 Å². The second-order valence-corrected chi connectivity index (χ2v) is 5.51. The van der Waals surface area contributed by atoms with Crippen LogP contribution in [0.1, 0.15) is 27.3 Å². The predicted molar refractivity (Wildman–Crippen MR) is 81.2 cm³/mol. The molecule has 0 saturated carbocycles. The minimum Gasteiger partial charge on any atom is -0.456 e. The Kier molecular flexibility index (Phi) is 4.09. The standard InChI is InChI=1S/C15H15BrN2O2/c1-8-6-11(16)4-5-12(8)20-13-7-9(2)18-10(3)14(13)15(17)19/h4-7H,1-3H3,(H2,17,19). The number of aromatic nitrogens is 1. The van der Waals surface area contributed by atoms with Crippen LogP contribution in [-0.4, -0.2) is 10.9 Å². The van der Waals surface area contributed by atoms with Crippen LogP contribution in [0.4, 0.5) is 0 Å². The number of hydrogen-bond acceptors (Lipinski definition) is 3. The molecule has 1 heterocycles. The summed E-state index contributed by atoms with van der Waals surface area (Å²) in [6, 6.07) is 7.39. The number of halogens is 1. The molecule has 2 aromatic rings. The number of pyridine rings is 1. The first-order valence-corrected chi connectivity index (χ1v) is 6.90. The summed E-state index contributed by atoms with van der Waals surface area (Å²) in [5.41, 5.74) is 8.04. The molecule has 0 radical (unpaired) electrons. The molecule has 104 valence electrons. The predicted octanol–water partition coefficient (Wildman–Crippen LogP) is 3.66. The van der Waals surface area contributed by atoms with E-state index in [2.05, 4.69) is 20.9 Å². The Morgan fingerprint density at radius 3 is 2.50 bits per heavy atom. The van der Waals surface area contributed by atoms with E-state index in [0.717, 1.165) is 15.7 Å². The number of hydrogen-bond donors (Lipinski definition) is 1. The Morgan fingerprint density at radius 2 is 1.90 bits per heavy atom. The van der Waals surface area contributed by atoms with Crippen molar-refractivity contribution in [2.75, 3.05) is 0 Å². The van der Waals surface area contributed by atoms with Crippen molar-refractivity contribution in [3.8, 4) is 11.5 Å². The Hall–Kier alpha value is -1.88. The largest absolute Gasteiger partial charge is 0.456 e. The number of carbonyl (C=O) groups excluding carboxylic acids is 1. The Morgan fingerprint density at radius 1 is 1.20 bits per heavy atom. The van der Waals surface area contributed by atoms with Crippen LogP contribution in [0.25, 0.3) is 0 Å². The zero-order chi connectivity index (χ0) is 14.9. The molecular weight excluding hydrogens is 320 g/mol. The van der Waals surface area contributed by atoms with Crippen LogP contribution in [0.2, 0.25) is 0 Å². The van der Waals surface area contributed by atoms with Gasteiger partial charge in [0, 0.05) is 16.2 Å². The first-order chi connectivity index (χ1) is 9.38. The molecule has 2 N–H and O–H groups in total. The lowest BCUT2D eigenvalue weighted by Crippen LogP contribution is -2.15. The molecule has 0 aliphatic carbocycles. The summed E-state index contributed by atoms with van der Waals surface area (Å²) in [7, 11) is 0. The molecule has 2 rings (SSSR count). The molecule has 4 nitrogen and oxygen atoms in total. The highest BCUT2D eigenvalue weighted by Gasteiger charge is 2.16. The van der Waals surface area contributed by atoms with Crippen molar-refractivity contribution in [2.24, 2.45) is 5.73 Å². The summed E-state index contributed by atoms with van der Waals surface area (Å²) in [4.78, 5) is 15.8. The van der Waals surface area contributed by atoms with E-state index in [9.17, 15) is 4.79 Å². The third-order valence-corrected chi connectivity index (χ3v) is 3.39. The minimum absolute atomic E-state index is 0.318. The molecule has 5 heteroatoms. The SMILES string of the molecule is Cc1cc(Oc2ccc(Br)cc2C)c(C(N)=O)c(C)n1. The zero-order valence-electron chi connectivity index (χ0n) is 11.5. The molecule has 0 unspecified atom stereocenters. The second kappa shape index (κ2) is 5.63. The maximum absolute atomic E-state index is 11.6. The number of benzene rings is 1. The third-order valence-electron chi connectivity index (χ3n) is 2.90. The van der Waals surface area contributed by atoms with Crippen molar-refractivity contribution < 1.29 is 9.53 Å². The van der Waals surface area contributed by atoms with Crippen molar-refractivity contribution in [3.05, 3.63) is 51.3 Å². The molecule has 0 fully saturated rings. The van der Waals surface area contributed by atoms with E-state index in [-0.39, 0.29) is 0 Å². The molecule has 0 bridgehead atoms. The van der Waals surface area contributed by atoms with Crippen LogP contribution in [0.5, 0.6) is 11.5 Å². The average Bonchev–Trinajstić information content (AvgIpc) is 2.31. The van der Waals surface area contributed by atoms with Crippen LogP contribution < -0.4 is 10.5 Å². The van der Waals surface area contributed by atoms with Gasteiger partial charge in [0.15, 0.2) is 0 Å². The van der Waals surface area contributed by atoms with Crippen LogP contribution in [0.3, 0.4) is 0 Å². The Labute approximate surface area is 126 Å². The number of rotatable bonds is 3. The average molecular weight is 335 g/mol. The normalized spacial score (nSPS) is 10.4. The highest BCUT2D eigenvalue weighted by atomic mass is 79.9. The van der Waals surface area contributed by atoms with Gasteiger partial charge in [-0.05, 0) is 44.5 Å². The van der Waals surface area contributed by atoms with Gasteiger partial charge in [0.1, 0.15) is 17.1 Å². The first kappa shape index (κ1) is 14.5. The first-order valence-electron chi connectivity index (χ1n) is 6.10. The molecular formula is C15H15BrN2O2. The molecule has 0 atom stereocenters. The van der Waals surface area contributed by atoms with E-state index < -0.39 is 5.91 Å². The monoisotopic (exact) mass is 334 g/mol. The molecule has 1 aromatic carbocycles. The van der Waals surface area contributed by atoms with Gasteiger partial charge in [0.05, 0.1) is 5.69 Å². The van der Waals surface area contributed by atoms with Crippen molar-refractivity contribution >= 4 is 21.8 Å². The molecule has 1 amide bonds. The van der Waals surface area contributed by atoms with Crippen molar-refractivity contribution in [2.45, 2.75) is 20.8 Å². The van der Waals surface area contributed by atoms with Crippen LogP contribution in [0.15, 0.2) is 28.7 Å². The van der Waals surface area contributed by atoms with E-state index >= 15 is 0 Å². The minimum atomic E-state index is -0.542. The number of ether oxygens (including phenoxy) is 1. The lowest BCUT2D eigenvalue weighted by Gasteiger charge is -2.13. The van der Waals surface area contributed by atoms with E-state index in [1.807, 2.05) is 32.0 Å². The van der Waals surface area contributed by atoms with Gasteiger partial charge in [-0.3, -0.25) is 9.78 Å². The van der Waals surface area contributed by atoms with Gasteiger partial charge < -0.3 is 10.5 Å². The lowest BCUT2D eigenvalue weighted by atomic mass is 10.1. The quantitative estimate of drug-likeness (QED) is 0.931. The van der Waals surface area contributed by atoms with Crippen LogP contribution >= 0.6 is 15.9 Å². The number of amides is 1. The molecule has 1 aromatic heterocycles. The van der Waals surface area contributed by atoms with Crippen LogP contribution in [0, 0.1) is 20.8 Å². The summed E-state index contributed by atoms with van der Waals surface area (Å²) < 4.78 is 6.83. The maximum Gasteiger partial charge on any atom is 0.254 e. The fourth-order valence-corrected chi connectivity index (χ4v) is 2.49. The van der Waals surface area contributed by atoms with Crippen LogP contribution in [-0.2, 0) is 0 Å². The Bertz CT molecular complexity index is 684.